The van der Waals surface area contributed by atoms with Crippen LogP contribution in [0.5, 0.6) is 0 Å². The Kier molecular flexibility index (Phi) is 1.76. The molecule has 2 aliphatic carbocycles. The molecule has 1 heterocycles. The van der Waals surface area contributed by atoms with Crippen LogP contribution < -0.4 is 0 Å². The molecular formula is C16H18N2. The van der Waals surface area contributed by atoms with Crippen LogP contribution in [0.3, 0.4) is 0 Å². The molecule has 2 heteroatoms. The Morgan fingerprint density at radius 3 is 2.67 bits per heavy atom. The van der Waals surface area contributed by atoms with E-state index in [2.05, 4.69) is 55.8 Å². The SMILES string of the molecule is Cc1nn(-c2ccccc2)c2c1[C@H]1[C@H](C2)C1(C)C. The van der Waals surface area contributed by atoms with Crippen LogP contribution in [0.4, 0.5) is 0 Å². The normalized spacial score (nSPS) is 26.8. The van der Waals surface area contributed by atoms with Crippen molar-refractivity contribution in [1.29, 1.82) is 0 Å². The fourth-order valence-electron chi connectivity index (χ4n) is 3.88. The average Bonchev–Trinajstić information content (AvgIpc) is 2.74. The van der Waals surface area contributed by atoms with Crippen molar-refractivity contribution in [1.82, 2.24) is 9.78 Å². The van der Waals surface area contributed by atoms with E-state index < -0.39 is 0 Å². The van der Waals surface area contributed by atoms with Gasteiger partial charge < -0.3 is 0 Å². The summed E-state index contributed by atoms with van der Waals surface area (Å²) in [5, 5.41) is 4.76. The molecule has 0 aliphatic heterocycles. The molecule has 1 aromatic carbocycles. The zero-order valence-corrected chi connectivity index (χ0v) is 11.1. The third kappa shape index (κ3) is 1.11. The molecule has 18 heavy (non-hydrogen) atoms. The second kappa shape index (κ2) is 3.05. The number of aryl methyl sites for hydroxylation is 1. The van der Waals surface area contributed by atoms with Crippen LogP contribution in [0.2, 0.25) is 0 Å². The van der Waals surface area contributed by atoms with Crippen molar-refractivity contribution < 1.29 is 0 Å². The van der Waals surface area contributed by atoms with E-state index in [4.69, 9.17) is 5.10 Å². The van der Waals surface area contributed by atoms with E-state index >= 15 is 0 Å². The molecular weight excluding hydrogens is 220 g/mol. The molecule has 4 rings (SSSR count). The third-order valence-electron chi connectivity index (χ3n) is 4.98. The summed E-state index contributed by atoms with van der Waals surface area (Å²) < 4.78 is 2.16. The second-order valence-electron chi connectivity index (χ2n) is 6.30. The lowest BCUT2D eigenvalue weighted by molar-refractivity contribution is 0.532. The van der Waals surface area contributed by atoms with Crippen LogP contribution in [-0.2, 0) is 6.42 Å². The van der Waals surface area contributed by atoms with Gasteiger partial charge in [0.15, 0.2) is 0 Å². The highest BCUT2D eigenvalue weighted by molar-refractivity contribution is 5.48. The summed E-state index contributed by atoms with van der Waals surface area (Å²) in [5.74, 6) is 1.60. The number of para-hydroxylation sites is 1. The average molecular weight is 238 g/mol. The molecule has 1 fully saturated rings. The summed E-state index contributed by atoms with van der Waals surface area (Å²) in [6, 6.07) is 10.5. The molecule has 2 aliphatic rings. The zero-order valence-electron chi connectivity index (χ0n) is 11.1. The standard InChI is InChI=1S/C16H18N2/c1-10-14-13(9-12-15(14)16(12,2)3)18(17-10)11-7-5-4-6-8-11/h4-8,12,15H,9H2,1-3H3/t12-,15+/m0/s1. The van der Waals surface area contributed by atoms with Gasteiger partial charge in [0.05, 0.1) is 11.4 Å². The third-order valence-corrected chi connectivity index (χ3v) is 4.98. The molecule has 1 aromatic heterocycles. The summed E-state index contributed by atoms with van der Waals surface area (Å²) in [6.45, 7) is 6.95. The number of hydrogen-bond donors (Lipinski definition) is 0. The number of nitrogens with zero attached hydrogens (tertiary/aromatic N) is 2. The highest BCUT2D eigenvalue weighted by Gasteiger charge is 2.63. The van der Waals surface area contributed by atoms with Gasteiger partial charge in [0.1, 0.15) is 0 Å². The molecule has 92 valence electrons. The van der Waals surface area contributed by atoms with Crippen LogP contribution in [0, 0.1) is 18.3 Å². The molecule has 0 unspecified atom stereocenters. The van der Waals surface area contributed by atoms with Gasteiger partial charge in [-0.3, -0.25) is 0 Å². The van der Waals surface area contributed by atoms with E-state index in [1.165, 1.54) is 29.1 Å². The largest absolute Gasteiger partial charge is 0.237 e. The summed E-state index contributed by atoms with van der Waals surface area (Å²) >= 11 is 0. The van der Waals surface area contributed by atoms with Crippen molar-refractivity contribution in [2.45, 2.75) is 33.1 Å². The first kappa shape index (κ1) is 10.4. The molecule has 2 atom stereocenters. The molecule has 0 radical (unpaired) electrons. The molecule has 2 aromatic rings. The van der Waals surface area contributed by atoms with Crippen LogP contribution >= 0.6 is 0 Å². The summed E-state index contributed by atoms with van der Waals surface area (Å²) in [7, 11) is 0. The lowest BCUT2D eigenvalue weighted by Crippen LogP contribution is -2.05. The fourth-order valence-corrected chi connectivity index (χ4v) is 3.88. The van der Waals surface area contributed by atoms with Crippen molar-refractivity contribution in [2.24, 2.45) is 11.3 Å². The minimum Gasteiger partial charge on any atom is -0.237 e. The maximum absolute atomic E-state index is 4.76. The number of hydrogen-bond acceptors (Lipinski definition) is 1. The monoisotopic (exact) mass is 238 g/mol. The van der Waals surface area contributed by atoms with Gasteiger partial charge in [0, 0.05) is 11.3 Å². The topological polar surface area (TPSA) is 17.8 Å². The zero-order chi connectivity index (χ0) is 12.5. The predicted octanol–water partition coefficient (Wildman–Crippen LogP) is 3.48. The Morgan fingerprint density at radius 2 is 1.94 bits per heavy atom. The Bertz CT molecular complexity index is 622. The molecule has 1 saturated carbocycles. The Balaban J connectivity index is 1.87. The summed E-state index contributed by atoms with van der Waals surface area (Å²) in [4.78, 5) is 0. The van der Waals surface area contributed by atoms with E-state index in [1.807, 2.05) is 0 Å². The molecule has 0 N–H and O–H groups in total. The Labute approximate surface area is 108 Å². The van der Waals surface area contributed by atoms with Gasteiger partial charge in [-0.05, 0) is 42.7 Å². The van der Waals surface area contributed by atoms with E-state index in [0.29, 0.717) is 5.41 Å². The lowest BCUT2D eigenvalue weighted by Gasteiger charge is -2.10. The van der Waals surface area contributed by atoms with Gasteiger partial charge in [0.25, 0.3) is 0 Å². The highest BCUT2D eigenvalue weighted by atomic mass is 15.3. The molecule has 0 amide bonds. The van der Waals surface area contributed by atoms with E-state index in [9.17, 15) is 0 Å². The minimum absolute atomic E-state index is 0.502. The van der Waals surface area contributed by atoms with Crippen molar-refractivity contribution in [3.63, 3.8) is 0 Å². The van der Waals surface area contributed by atoms with Crippen LogP contribution in [0.25, 0.3) is 5.69 Å². The quantitative estimate of drug-likeness (QED) is 0.743. The smallest absolute Gasteiger partial charge is 0.0649 e. The van der Waals surface area contributed by atoms with Crippen LogP contribution in [0.1, 0.15) is 36.7 Å². The van der Waals surface area contributed by atoms with Gasteiger partial charge in [-0.25, -0.2) is 4.68 Å². The van der Waals surface area contributed by atoms with Crippen molar-refractivity contribution in [3.05, 3.63) is 47.3 Å². The minimum atomic E-state index is 0.502. The lowest BCUT2D eigenvalue weighted by atomic mass is 9.98. The van der Waals surface area contributed by atoms with Gasteiger partial charge in [-0.15, -0.1) is 0 Å². The molecule has 0 saturated heterocycles. The van der Waals surface area contributed by atoms with E-state index in [-0.39, 0.29) is 0 Å². The highest BCUT2D eigenvalue weighted by Crippen LogP contribution is 2.70. The van der Waals surface area contributed by atoms with Gasteiger partial charge in [-0.1, -0.05) is 32.0 Å². The maximum Gasteiger partial charge on any atom is 0.0649 e. The second-order valence-corrected chi connectivity index (χ2v) is 6.30. The maximum atomic E-state index is 4.76. The Morgan fingerprint density at radius 1 is 1.22 bits per heavy atom. The van der Waals surface area contributed by atoms with E-state index in [1.54, 1.807) is 0 Å². The number of rotatable bonds is 1. The summed E-state index contributed by atoms with van der Waals surface area (Å²) in [6.07, 6.45) is 1.20. The Hall–Kier alpha value is -1.57. The number of fused-ring (bicyclic) bond motifs is 3. The molecule has 2 nitrogen and oxygen atoms in total. The summed E-state index contributed by atoms with van der Waals surface area (Å²) in [5.41, 5.74) is 5.91. The first-order chi connectivity index (χ1) is 8.60. The van der Waals surface area contributed by atoms with Gasteiger partial charge >= 0.3 is 0 Å². The van der Waals surface area contributed by atoms with Gasteiger partial charge in [-0.2, -0.15) is 5.10 Å². The predicted molar refractivity (Wildman–Crippen MR) is 72.0 cm³/mol. The van der Waals surface area contributed by atoms with Crippen molar-refractivity contribution >= 4 is 0 Å². The molecule has 0 bridgehead atoms. The first-order valence-electron chi connectivity index (χ1n) is 6.74. The van der Waals surface area contributed by atoms with Crippen LogP contribution in [-0.4, -0.2) is 9.78 Å². The fraction of sp³-hybridized carbons (Fsp3) is 0.438. The van der Waals surface area contributed by atoms with Crippen molar-refractivity contribution in [2.75, 3.05) is 0 Å². The first-order valence-corrected chi connectivity index (χ1v) is 6.74. The van der Waals surface area contributed by atoms with Crippen LogP contribution in [0.15, 0.2) is 30.3 Å². The number of benzene rings is 1. The van der Waals surface area contributed by atoms with Gasteiger partial charge in [0.2, 0.25) is 0 Å². The molecule has 0 spiro atoms. The van der Waals surface area contributed by atoms with E-state index in [0.717, 1.165) is 11.8 Å². The number of aromatic nitrogens is 2. The van der Waals surface area contributed by atoms with Crippen molar-refractivity contribution in [3.8, 4) is 5.69 Å².